The molecule has 3 aliphatic rings. The third-order valence-corrected chi connectivity index (χ3v) is 12.5. The number of likely N-dealkylation sites (tertiary alicyclic amines) is 1. The molecule has 0 radical (unpaired) electrons. The van der Waals surface area contributed by atoms with Gasteiger partial charge in [-0.05, 0) is 48.0 Å². The van der Waals surface area contributed by atoms with E-state index in [0.717, 1.165) is 22.6 Å². The van der Waals surface area contributed by atoms with Gasteiger partial charge in [0.15, 0.2) is 0 Å². The normalized spacial score (nSPS) is 19.5. The fourth-order valence-corrected chi connectivity index (χ4v) is 8.58. The molecule has 19 nitrogen and oxygen atoms in total. The van der Waals surface area contributed by atoms with Crippen LogP contribution in [0.25, 0.3) is 22.0 Å². The number of aliphatic carboxylic acids is 2. The Kier molecular flexibility index (Phi) is 17.6. The summed E-state index contributed by atoms with van der Waals surface area (Å²) in [6.45, 7) is 8.75. The number of nitrogens with zero attached hydrogens (tertiary/aromatic N) is 9. The molecule has 2 aromatic carbocycles. The number of amides is 4. The van der Waals surface area contributed by atoms with Gasteiger partial charge in [-0.2, -0.15) is 5.26 Å². The molecule has 6 rings (SSSR count). The monoisotopic (exact) mass is 931 g/mol. The number of carboxylic acid groups (broad SMARTS) is 2. The van der Waals surface area contributed by atoms with E-state index in [1.165, 1.54) is 12.3 Å². The first-order valence-electron chi connectivity index (χ1n) is 22.6. The molecule has 21 heteroatoms. The second-order valence-corrected chi connectivity index (χ2v) is 17.1. The van der Waals surface area contributed by atoms with Crippen molar-refractivity contribution < 1.29 is 47.8 Å². The molecule has 4 N–H and O–H groups in total. The number of carbonyl (C=O) groups excluding carboxylic acids is 4. The van der Waals surface area contributed by atoms with Crippen LogP contribution in [0.2, 0.25) is 0 Å². The van der Waals surface area contributed by atoms with Crippen molar-refractivity contribution in [3.63, 3.8) is 0 Å². The van der Waals surface area contributed by atoms with Crippen LogP contribution in [0.4, 0.5) is 8.78 Å². The highest BCUT2D eigenvalue weighted by molar-refractivity contribution is 6.07. The van der Waals surface area contributed by atoms with Crippen LogP contribution in [0.15, 0.2) is 54.7 Å². The lowest BCUT2D eigenvalue weighted by molar-refractivity contribution is -0.139. The number of halogens is 2. The van der Waals surface area contributed by atoms with Gasteiger partial charge in [0.1, 0.15) is 6.04 Å². The van der Waals surface area contributed by atoms with E-state index in [1.54, 1.807) is 42.5 Å². The molecular formula is C46H59F2N11O8. The van der Waals surface area contributed by atoms with Crippen molar-refractivity contribution in [3.8, 4) is 17.2 Å². The van der Waals surface area contributed by atoms with Gasteiger partial charge in [0.25, 0.3) is 17.7 Å². The number of carbonyl (C=O) groups is 6. The lowest BCUT2D eigenvalue weighted by Gasteiger charge is -2.37. The van der Waals surface area contributed by atoms with Crippen LogP contribution in [0.1, 0.15) is 34.1 Å². The Morgan fingerprint density at radius 1 is 0.716 bits per heavy atom. The SMILES string of the molecule is CCN1CCN(CC(=O)O)CCN(CC(=O)N2CCN(CCNC(=O)c3ccc(-c4ccc5nccc(C(=O)NCC(=O)N6CC(F)(F)CC6C#N)c5c4)cc3)CC2)CCN(CC(=O)O)CC1. The van der Waals surface area contributed by atoms with Crippen molar-refractivity contribution in [2.45, 2.75) is 25.3 Å². The number of hydrogen-bond donors (Lipinski definition) is 4. The minimum absolute atomic E-state index is 0.0441. The molecule has 4 amide bonds. The van der Waals surface area contributed by atoms with Gasteiger partial charge >= 0.3 is 11.9 Å². The number of likely N-dealkylation sites (N-methyl/N-ethyl adjacent to an activating group) is 1. The highest BCUT2D eigenvalue weighted by Crippen LogP contribution is 2.32. The van der Waals surface area contributed by atoms with Gasteiger partial charge in [0.05, 0.1) is 49.9 Å². The number of benzene rings is 2. The summed E-state index contributed by atoms with van der Waals surface area (Å²) in [5.41, 5.74) is 2.68. The predicted octanol–water partition coefficient (Wildman–Crippen LogP) is 0.676. The van der Waals surface area contributed by atoms with E-state index < -0.39 is 55.2 Å². The highest BCUT2D eigenvalue weighted by atomic mass is 19.3. The average molecular weight is 932 g/mol. The minimum atomic E-state index is -3.17. The van der Waals surface area contributed by atoms with Gasteiger partial charge in [0, 0.05) is 115 Å². The van der Waals surface area contributed by atoms with Gasteiger partial charge < -0.3 is 35.5 Å². The molecule has 360 valence electrons. The topological polar surface area (TPSA) is 226 Å². The molecule has 3 saturated heterocycles. The molecule has 0 bridgehead atoms. The molecule has 1 unspecified atom stereocenters. The largest absolute Gasteiger partial charge is 0.480 e. The third-order valence-electron chi connectivity index (χ3n) is 12.5. The standard InChI is InChI=1S/C46H59F2N11O8/c1-2-53-13-15-56(30-42(62)63)19-17-55(18-20-57(16-14-53)31-43(64)65)29-41(61)58-23-21-54(22-24-58)12-11-51-44(66)34-5-3-33(4-6-34)35-7-8-39-38(25-35)37(9-10-50-39)45(67)52-28-40(60)59-32-46(47,48)26-36(59)27-49/h3-10,25,36H,2,11-24,26,28-32H2,1H3,(H,51,66)(H,52,67)(H,62,63)(H,64,65). The van der Waals surface area contributed by atoms with Crippen LogP contribution >= 0.6 is 0 Å². The first kappa shape index (κ1) is 50.2. The summed E-state index contributed by atoms with van der Waals surface area (Å²) in [4.78, 5) is 92.9. The summed E-state index contributed by atoms with van der Waals surface area (Å²) in [7, 11) is 0. The summed E-state index contributed by atoms with van der Waals surface area (Å²) in [6.07, 6.45) is 0.700. The van der Waals surface area contributed by atoms with Crippen LogP contribution in [-0.4, -0.2) is 228 Å². The number of nitriles is 1. The molecule has 1 aromatic heterocycles. The van der Waals surface area contributed by atoms with E-state index >= 15 is 0 Å². The molecule has 3 aliphatic heterocycles. The smallest absolute Gasteiger partial charge is 0.317 e. The van der Waals surface area contributed by atoms with Gasteiger partial charge in [-0.15, -0.1) is 0 Å². The molecule has 3 aromatic rings. The summed E-state index contributed by atoms with van der Waals surface area (Å²) in [5.74, 6) is -6.69. The number of alkyl halides is 2. The Hall–Kier alpha value is -6.18. The van der Waals surface area contributed by atoms with Gasteiger partial charge in [-0.3, -0.25) is 53.4 Å². The molecular weight excluding hydrogens is 873 g/mol. The van der Waals surface area contributed by atoms with Crippen LogP contribution < -0.4 is 10.6 Å². The van der Waals surface area contributed by atoms with E-state index in [2.05, 4.69) is 25.4 Å². The zero-order chi connectivity index (χ0) is 48.1. The highest BCUT2D eigenvalue weighted by Gasteiger charge is 2.47. The van der Waals surface area contributed by atoms with Crippen LogP contribution in [0.3, 0.4) is 0 Å². The second kappa shape index (κ2) is 23.5. The second-order valence-electron chi connectivity index (χ2n) is 17.1. The van der Waals surface area contributed by atoms with Crippen molar-refractivity contribution in [1.29, 1.82) is 5.26 Å². The Balaban J connectivity index is 0.964. The van der Waals surface area contributed by atoms with Crippen LogP contribution in [0, 0.1) is 11.3 Å². The number of pyridine rings is 1. The summed E-state index contributed by atoms with van der Waals surface area (Å²) in [6, 6.07) is 14.2. The molecule has 0 aliphatic carbocycles. The van der Waals surface area contributed by atoms with Gasteiger partial charge in [-0.1, -0.05) is 25.1 Å². The Labute approximate surface area is 387 Å². The summed E-state index contributed by atoms with van der Waals surface area (Å²) < 4.78 is 27.7. The molecule has 0 saturated carbocycles. The molecule has 4 heterocycles. The average Bonchev–Trinajstić information content (AvgIpc) is 3.64. The number of nitrogens with one attached hydrogen (secondary N) is 2. The molecule has 3 fully saturated rings. The van der Waals surface area contributed by atoms with Crippen molar-refractivity contribution in [1.82, 2.24) is 49.9 Å². The van der Waals surface area contributed by atoms with Crippen molar-refractivity contribution >= 4 is 46.5 Å². The van der Waals surface area contributed by atoms with Crippen molar-refractivity contribution in [2.24, 2.45) is 0 Å². The first-order chi connectivity index (χ1) is 32.1. The zero-order valence-electron chi connectivity index (χ0n) is 37.7. The van der Waals surface area contributed by atoms with Gasteiger partial charge in [-0.25, -0.2) is 8.78 Å². The van der Waals surface area contributed by atoms with Crippen LogP contribution in [0.5, 0.6) is 0 Å². The number of carboxylic acids is 2. The quantitative estimate of drug-likeness (QED) is 0.164. The fourth-order valence-electron chi connectivity index (χ4n) is 8.58. The number of rotatable bonds is 15. The maximum absolute atomic E-state index is 13.9. The Morgan fingerprint density at radius 3 is 1.87 bits per heavy atom. The van der Waals surface area contributed by atoms with E-state index in [-0.39, 0.29) is 37.0 Å². The Morgan fingerprint density at radius 2 is 1.28 bits per heavy atom. The van der Waals surface area contributed by atoms with E-state index in [0.29, 0.717) is 108 Å². The minimum Gasteiger partial charge on any atom is -0.480 e. The molecule has 0 spiro atoms. The number of hydrogen-bond acceptors (Lipinski definition) is 13. The van der Waals surface area contributed by atoms with Crippen molar-refractivity contribution in [3.05, 3.63) is 65.9 Å². The predicted molar refractivity (Wildman–Crippen MR) is 242 cm³/mol. The molecule has 67 heavy (non-hydrogen) atoms. The Bertz CT molecular complexity index is 2260. The maximum Gasteiger partial charge on any atom is 0.317 e. The number of aromatic nitrogens is 1. The van der Waals surface area contributed by atoms with Gasteiger partial charge in [0.2, 0.25) is 11.8 Å². The zero-order valence-corrected chi connectivity index (χ0v) is 37.7. The first-order valence-corrected chi connectivity index (χ1v) is 22.6. The number of piperazine rings is 1. The van der Waals surface area contributed by atoms with E-state index in [1.807, 2.05) is 32.6 Å². The lowest BCUT2D eigenvalue weighted by atomic mass is 9.99. The van der Waals surface area contributed by atoms with Crippen LogP contribution in [-0.2, 0) is 19.2 Å². The van der Waals surface area contributed by atoms with E-state index in [9.17, 15) is 53.0 Å². The maximum atomic E-state index is 13.9. The lowest BCUT2D eigenvalue weighted by Crippen LogP contribution is -2.53. The third kappa shape index (κ3) is 14.4. The number of fused-ring (bicyclic) bond motifs is 1. The summed E-state index contributed by atoms with van der Waals surface area (Å²) in [5, 5.41) is 34.2. The van der Waals surface area contributed by atoms with E-state index in [4.69, 9.17) is 0 Å². The fraction of sp³-hybridized carbons (Fsp3) is 0.522. The molecule has 1 atom stereocenters. The summed E-state index contributed by atoms with van der Waals surface area (Å²) >= 11 is 0. The van der Waals surface area contributed by atoms with Crippen molar-refractivity contribution in [2.75, 3.05) is 131 Å².